The number of fused-ring (bicyclic) bond motifs is 1. The van der Waals surface area contributed by atoms with E-state index >= 15 is 0 Å². The Labute approximate surface area is 111 Å². The molecule has 5 heteroatoms. The van der Waals surface area contributed by atoms with E-state index in [4.69, 9.17) is 16.6 Å². The fraction of sp³-hybridized carbons (Fsp3) is 0.538. The van der Waals surface area contributed by atoms with Crippen LogP contribution in [0.5, 0.6) is 0 Å². The number of carbonyl (C=O) groups excluding carboxylic acids is 1. The van der Waals surface area contributed by atoms with Crippen molar-refractivity contribution in [3.8, 4) is 0 Å². The van der Waals surface area contributed by atoms with Gasteiger partial charge in [-0.2, -0.15) is 0 Å². The molecule has 18 heavy (non-hydrogen) atoms. The van der Waals surface area contributed by atoms with E-state index in [0.717, 1.165) is 23.6 Å². The van der Waals surface area contributed by atoms with Crippen LogP contribution in [0.1, 0.15) is 31.4 Å². The number of nitrogens with one attached hydrogen (secondary N) is 1. The third-order valence-corrected chi connectivity index (χ3v) is 4.27. The largest absolute Gasteiger partial charge is 0.467 e. The van der Waals surface area contributed by atoms with Gasteiger partial charge >= 0.3 is 6.03 Å². The highest BCUT2D eigenvalue weighted by molar-refractivity contribution is 7.80. The van der Waals surface area contributed by atoms with Gasteiger partial charge in [-0.3, -0.25) is 0 Å². The summed E-state index contributed by atoms with van der Waals surface area (Å²) < 4.78 is 5.34. The Bertz CT molecular complexity index is 458. The number of furan rings is 1. The van der Waals surface area contributed by atoms with Crippen LogP contribution < -0.4 is 5.32 Å². The zero-order valence-electron chi connectivity index (χ0n) is 10.1. The monoisotopic (exact) mass is 264 g/mol. The second-order valence-corrected chi connectivity index (χ2v) is 5.40. The van der Waals surface area contributed by atoms with E-state index in [9.17, 15) is 4.79 Å². The van der Waals surface area contributed by atoms with E-state index in [2.05, 4.69) is 5.32 Å². The summed E-state index contributed by atoms with van der Waals surface area (Å²) in [7, 11) is 0. The van der Waals surface area contributed by atoms with Gasteiger partial charge in [-0.15, -0.1) is 0 Å². The first-order valence-corrected chi connectivity index (χ1v) is 6.80. The molecule has 1 aromatic rings. The first-order valence-electron chi connectivity index (χ1n) is 6.39. The minimum atomic E-state index is -0.0837. The average molecular weight is 264 g/mol. The van der Waals surface area contributed by atoms with Crippen LogP contribution in [-0.2, 0) is 6.54 Å². The fourth-order valence-electron chi connectivity index (χ4n) is 2.97. The van der Waals surface area contributed by atoms with E-state index in [1.807, 2.05) is 17.0 Å². The summed E-state index contributed by atoms with van der Waals surface area (Å²) in [5.74, 6) is 1.14. The lowest BCUT2D eigenvalue weighted by atomic mass is 9.82. The Morgan fingerprint density at radius 1 is 1.44 bits per heavy atom. The third-order valence-electron chi connectivity index (χ3n) is 3.86. The van der Waals surface area contributed by atoms with Gasteiger partial charge < -0.3 is 14.6 Å². The second-order valence-electron chi connectivity index (χ2n) is 4.96. The van der Waals surface area contributed by atoms with Crippen molar-refractivity contribution >= 4 is 23.2 Å². The molecule has 0 bridgehead atoms. The molecule has 1 saturated carbocycles. The van der Waals surface area contributed by atoms with Gasteiger partial charge in [0.05, 0.1) is 17.8 Å². The molecule has 3 rings (SSSR count). The van der Waals surface area contributed by atoms with Crippen molar-refractivity contribution in [3.63, 3.8) is 0 Å². The molecule has 4 nitrogen and oxygen atoms in total. The van der Waals surface area contributed by atoms with E-state index in [0.29, 0.717) is 12.5 Å². The highest BCUT2D eigenvalue weighted by atomic mass is 32.1. The molecule has 2 aliphatic rings. The lowest BCUT2D eigenvalue weighted by Gasteiger charge is -2.43. The summed E-state index contributed by atoms with van der Waals surface area (Å²) in [6, 6.07) is 3.91. The van der Waals surface area contributed by atoms with Gasteiger partial charge in [0.2, 0.25) is 0 Å². The molecule has 2 fully saturated rings. The summed E-state index contributed by atoms with van der Waals surface area (Å²) in [4.78, 5) is 14.7. The fourth-order valence-corrected chi connectivity index (χ4v) is 3.33. The smallest absolute Gasteiger partial charge is 0.322 e. The topological polar surface area (TPSA) is 45.5 Å². The predicted octanol–water partition coefficient (Wildman–Crippen LogP) is 2.69. The number of hydrogen-bond donors (Lipinski definition) is 1. The Morgan fingerprint density at radius 2 is 2.28 bits per heavy atom. The Morgan fingerprint density at radius 3 is 3.06 bits per heavy atom. The number of urea groups is 1. The van der Waals surface area contributed by atoms with Crippen molar-refractivity contribution in [1.29, 1.82) is 0 Å². The number of rotatable bonds is 2. The zero-order chi connectivity index (χ0) is 12.5. The van der Waals surface area contributed by atoms with Crippen LogP contribution in [0.25, 0.3) is 0 Å². The first kappa shape index (κ1) is 11.7. The van der Waals surface area contributed by atoms with Gasteiger partial charge in [0.1, 0.15) is 5.76 Å². The minimum Gasteiger partial charge on any atom is -0.467 e. The molecular weight excluding hydrogens is 248 g/mol. The van der Waals surface area contributed by atoms with E-state index < -0.39 is 0 Å². The quantitative estimate of drug-likeness (QED) is 0.835. The van der Waals surface area contributed by atoms with E-state index in [-0.39, 0.29) is 12.1 Å². The molecule has 2 atom stereocenters. The first-order chi connectivity index (χ1) is 8.75. The van der Waals surface area contributed by atoms with Crippen molar-refractivity contribution in [3.05, 3.63) is 24.2 Å². The standard InChI is InChI=1S/C13H16N2O2S/c16-13-14-12(18)10-5-1-2-6-11(10)15(13)8-9-4-3-7-17-9/h3-4,7,10-11H,1-2,5-6,8H2,(H,14,16,18). The second kappa shape index (κ2) is 4.72. The van der Waals surface area contributed by atoms with Crippen LogP contribution in [0.3, 0.4) is 0 Å². The summed E-state index contributed by atoms with van der Waals surface area (Å²) in [5.41, 5.74) is 0. The molecule has 96 valence electrons. The maximum atomic E-state index is 12.1. The number of nitrogens with zero attached hydrogens (tertiary/aromatic N) is 1. The molecule has 1 N–H and O–H groups in total. The van der Waals surface area contributed by atoms with Crippen molar-refractivity contribution in [1.82, 2.24) is 10.2 Å². The van der Waals surface area contributed by atoms with Gasteiger partial charge in [-0.25, -0.2) is 4.79 Å². The van der Waals surface area contributed by atoms with Crippen molar-refractivity contribution in [2.45, 2.75) is 38.3 Å². The van der Waals surface area contributed by atoms with Crippen LogP contribution in [-0.4, -0.2) is 22.0 Å². The molecule has 2 heterocycles. The molecule has 1 aromatic heterocycles. The van der Waals surface area contributed by atoms with E-state index in [1.54, 1.807) is 6.26 Å². The van der Waals surface area contributed by atoms with Gasteiger partial charge in [0, 0.05) is 12.0 Å². The lowest BCUT2D eigenvalue weighted by molar-refractivity contribution is 0.122. The van der Waals surface area contributed by atoms with Crippen LogP contribution in [0.15, 0.2) is 22.8 Å². The lowest BCUT2D eigenvalue weighted by Crippen LogP contribution is -2.59. The summed E-state index contributed by atoms with van der Waals surface area (Å²) >= 11 is 5.30. The van der Waals surface area contributed by atoms with Crippen LogP contribution in [0, 0.1) is 5.92 Å². The van der Waals surface area contributed by atoms with Gasteiger partial charge in [0.25, 0.3) is 0 Å². The van der Waals surface area contributed by atoms with Gasteiger partial charge in [-0.1, -0.05) is 25.1 Å². The van der Waals surface area contributed by atoms with Crippen LogP contribution >= 0.6 is 12.2 Å². The highest BCUT2D eigenvalue weighted by Gasteiger charge is 2.40. The summed E-state index contributed by atoms with van der Waals surface area (Å²) in [6.07, 6.45) is 6.13. The molecule has 2 unspecified atom stereocenters. The minimum absolute atomic E-state index is 0.0837. The number of carbonyl (C=O) groups is 1. The molecule has 1 saturated heterocycles. The van der Waals surface area contributed by atoms with Crippen molar-refractivity contribution in [2.75, 3.05) is 0 Å². The van der Waals surface area contributed by atoms with Crippen LogP contribution in [0.4, 0.5) is 4.79 Å². The number of hydrogen-bond acceptors (Lipinski definition) is 3. The normalized spacial score (nSPS) is 27.9. The molecular formula is C13H16N2O2S. The summed E-state index contributed by atoms with van der Waals surface area (Å²) in [6.45, 7) is 0.530. The number of thiocarbonyl (C=S) groups is 1. The zero-order valence-corrected chi connectivity index (χ0v) is 10.9. The molecule has 0 aromatic carbocycles. The molecule has 2 amide bonds. The highest BCUT2D eigenvalue weighted by Crippen LogP contribution is 2.32. The summed E-state index contributed by atoms with van der Waals surface area (Å²) in [5, 5.41) is 2.82. The molecule has 1 aliphatic carbocycles. The van der Waals surface area contributed by atoms with Crippen molar-refractivity contribution in [2.24, 2.45) is 5.92 Å². The van der Waals surface area contributed by atoms with Gasteiger partial charge in [0.15, 0.2) is 0 Å². The third kappa shape index (κ3) is 2.03. The Hall–Kier alpha value is -1.36. The molecule has 0 radical (unpaired) electrons. The maximum Gasteiger partial charge on any atom is 0.322 e. The predicted molar refractivity (Wildman–Crippen MR) is 71.1 cm³/mol. The van der Waals surface area contributed by atoms with Crippen LogP contribution in [0.2, 0.25) is 0 Å². The van der Waals surface area contributed by atoms with Gasteiger partial charge in [-0.05, 0) is 25.0 Å². The SMILES string of the molecule is O=C1NC(=S)C2CCCCC2N1Cc1ccco1. The average Bonchev–Trinajstić information content (AvgIpc) is 2.87. The number of amides is 2. The molecule has 1 aliphatic heterocycles. The Balaban J connectivity index is 1.82. The van der Waals surface area contributed by atoms with Crippen molar-refractivity contribution < 1.29 is 9.21 Å². The maximum absolute atomic E-state index is 12.1. The Kier molecular flexibility index (Phi) is 3.07. The van der Waals surface area contributed by atoms with E-state index in [1.165, 1.54) is 12.8 Å². The molecule has 0 spiro atoms.